The van der Waals surface area contributed by atoms with E-state index in [1.807, 2.05) is 42.6 Å². The van der Waals surface area contributed by atoms with Gasteiger partial charge in [-0.25, -0.2) is 0 Å². The molecule has 1 aliphatic rings. The van der Waals surface area contributed by atoms with Crippen LogP contribution in [-0.4, -0.2) is 23.3 Å². The molecule has 126 valence electrons. The Morgan fingerprint density at radius 2 is 2.16 bits per heavy atom. The summed E-state index contributed by atoms with van der Waals surface area (Å²) in [4.78, 5) is 28.0. The summed E-state index contributed by atoms with van der Waals surface area (Å²) in [5, 5.41) is 4.89. The number of aryl methyl sites for hydroxylation is 1. The molecule has 1 N–H and O–H groups in total. The molecule has 0 spiro atoms. The summed E-state index contributed by atoms with van der Waals surface area (Å²) >= 11 is 1.56. The van der Waals surface area contributed by atoms with Crippen LogP contribution >= 0.6 is 11.3 Å². The maximum atomic E-state index is 13.0. The van der Waals surface area contributed by atoms with Crippen LogP contribution in [0.5, 0.6) is 0 Å². The molecule has 3 heterocycles. The minimum atomic E-state index is -0.341. The van der Waals surface area contributed by atoms with E-state index in [4.69, 9.17) is 4.42 Å². The molecule has 5 nitrogen and oxygen atoms in total. The lowest BCUT2D eigenvalue weighted by Gasteiger charge is -2.28. The Bertz CT molecular complexity index is 916. The summed E-state index contributed by atoms with van der Waals surface area (Å²) < 4.78 is 5.28. The van der Waals surface area contributed by atoms with Gasteiger partial charge in [0.2, 0.25) is 5.91 Å². The SMILES string of the molecule is Cc1ccc2c(c1)C(c1cccs1)N(C(=O)c1ccco1)CC(=O)N2. The highest BCUT2D eigenvalue weighted by atomic mass is 32.1. The first kappa shape index (κ1) is 15.7. The highest BCUT2D eigenvalue weighted by Gasteiger charge is 2.35. The second kappa shape index (κ2) is 6.22. The monoisotopic (exact) mass is 352 g/mol. The minimum Gasteiger partial charge on any atom is -0.459 e. The second-order valence-electron chi connectivity index (χ2n) is 5.97. The summed E-state index contributed by atoms with van der Waals surface area (Å²) in [5.74, 6) is -0.289. The van der Waals surface area contributed by atoms with Crippen molar-refractivity contribution in [3.05, 3.63) is 75.9 Å². The van der Waals surface area contributed by atoms with Crippen molar-refractivity contribution >= 4 is 28.8 Å². The van der Waals surface area contributed by atoms with Crippen LogP contribution in [0.2, 0.25) is 0 Å². The van der Waals surface area contributed by atoms with E-state index in [2.05, 4.69) is 5.32 Å². The maximum Gasteiger partial charge on any atom is 0.290 e. The van der Waals surface area contributed by atoms with Gasteiger partial charge in [0.25, 0.3) is 5.91 Å². The van der Waals surface area contributed by atoms with Crippen LogP contribution < -0.4 is 5.32 Å². The minimum absolute atomic E-state index is 0.0319. The van der Waals surface area contributed by atoms with Crippen LogP contribution in [0.1, 0.15) is 32.6 Å². The average Bonchev–Trinajstić information content (AvgIpc) is 3.27. The Hall–Kier alpha value is -2.86. The number of amides is 2. The molecule has 4 rings (SSSR count). The van der Waals surface area contributed by atoms with Gasteiger partial charge in [-0.15, -0.1) is 11.3 Å². The lowest BCUT2D eigenvalue weighted by molar-refractivity contribution is -0.117. The van der Waals surface area contributed by atoms with Crippen molar-refractivity contribution in [3.63, 3.8) is 0 Å². The summed E-state index contributed by atoms with van der Waals surface area (Å²) in [6, 6.07) is 12.8. The van der Waals surface area contributed by atoms with E-state index in [0.29, 0.717) is 0 Å². The Balaban J connectivity index is 1.89. The number of hydrogen-bond acceptors (Lipinski definition) is 4. The van der Waals surface area contributed by atoms with E-state index in [0.717, 1.165) is 21.7 Å². The van der Waals surface area contributed by atoms with Crippen molar-refractivity contribution in [2.45, 2.75) is 13.0 Å². The van der Waals surface area contributed by atoms with E-state index >= 15 is 0 Å². The second-order valence-corrected chi connectivity index (χ2v) is 6.95. The molecule has 25 heavy (non-hydrogen) atoms. The Labute approximate surface area is 148 Å². The standard InChI is InChI=1S/C19H16N2O3S/c1-12-6-7-14-13(10-12)18(16-5-3-9-25-16)21(11-17(22)20-14)19(23)15-4-2-8-24-15/h2-10,18H,11H2,1H3,(H,20,22). The summed E-state index contributed by atoms with van der Waals surface area (Å²) in [6.07, 6.45) is 1.46. The lowest BCUT2D eigenvalue weighted by atomic mass is 9.99. The van der Waals surface area contributed by atoms with Gasteiger partial charge in [-0.05, 0) is 36.6 Å². The zero-order chi connectivity index (χ0) is 17.4. The van der Waals surface area contributed by atoms with Gasteiger partial charge in [-0.2, -0.15) is 0 Å². The van der Waals surface area contributed by atoms with Gasteiger partial charge in [0.05, 0.1) is 12.3 Å². The third kappa shape index (κ3) is 2.85. The molecule has 1 atom stereocenters. The number of nitrogens with zero attached hydrogens (tertiary/aromatic N) is 1. The van der Waals surface area contributed by atoms with E-state index < -0.39 is 0 Å². The van der Waals surface area contributed by atoms with Gasteiger partial charge in [-0.1, -0.05) is 23.8 Å². The van der Waals surface area contributed by atoms with Crippen LogP contribution in [0.15, 0.2) is 58.5 Å². The van der Waals surface area contributed by atoms with Crippen molar-refractivity contribution in [2.75, 3.05) is 11.9 Å². The van der Waals surface area contributed by atoms with Crippen molar-refractivity contribution < 1.29 is 14.0 Å². The number of furan rings is 1. The number of anilines is 1. The van der Waals surface area contributed by atoms with E-state index in [1.54, 1.807) is 28.4 Å². The first-order valence-corrected chi connectivity index (χ1v) is 8.80. The van der Waals surface area contributed by atoms with Crippen molar-refractivity contribution in [2.24, 2.45) is 0 Å². The van der Waals surface area contributed by atoms with Gasteiger partial charge in [-0.3, -0.25) is 9.59 Å². The van der Waals surface area contributed by atoms with Crippen molar-refractivity contribution in [1.82, 2.24) is 4.90 Å². The quantitative estimate of drug-likeness (QED) is 0.762. The number of nitrogens with one attached hydrogen (secondary N) is 1. The molecule has 0 fully saturated rings. The molecular weight excluding hydrogens is 336 g/mol. The molecule has 1 aliphatic heterocycles. The highest BCUT2D eigenvalue weighted by molar-refractivity contribution is 7.10. The molecular formula is C19H16N2O3S. The maximum absolute atomic E-state index is 13.0. The largest absolute Gasteiger partial charge is 0.459 e. The Kier molecular flexibility index (Phi) is 3.89. The zero-order valence-electron chi connectivity index (χ0n) is 13.6. The van der Waals surface area contributed by atoms with Gasteiger partial charge in [0, 0.05) is 16.1 Å². The first-order valence-electron chi connectivity index (χ1n) is 7.92. The number of carbonyl (C=O) groups excluding carboxylic acids is 2. The molecule has 2 amide bonds. The van der Waals surface area contributed by atoms with Crippen LogP contribution in [0.4, 0.5) is 5.69 Å². The molecule has 0 aliphatic carbocycles. The number of rotatable bonds is 2. The smallest absolute Gasteiger partial charge is 0.290 e. The van der Waals surface area contributed by atoms with Crippen molar-refractivity contribution in [3.8, 4) is 0 Å². The van der Waals surface area contributed by atoms with E-state index in [-0.39, 0.29) is 30.2 Å². The summed E-state index contributed by atoms with van der Waals surface area (Å²) in [7, 11) is 0. The molecule has 6 heteroatoms. The molecule has 0 bridgehead atoms. The third-order valence-corrected chi connectivity index (χ3v) is 5.13. The normalized spacial score (nSPS) is 16.9. The fourth-order valence-corrected chi connectivity index (χ4v) is 3.96. The molecule has 1 unspecified atom stereocenters. The third-order valence-electron chi connectivity index (χ3n) is 4.21. The van der Waals surface area contributed by atoms with Crippen molar-refractivity contribution in [1.29, 1.82) is 0 Å². The molecule has 0 saturated heterocycles. The van der Waals surface area contributed by atoms with E-state index in [9.17, 15) is 9.59 Å². The topological polar surface area (TPSA) is 62.6 Å². The van der Waals surface area contributed by atoms with Crippen LogP contribution in [0.25, 0.3) is 0 Å². The molecule has 0 radical (unpaired) electrons. The average molecular weight is 352 g/mol. The van der Waals surface area contributed by atoms with Gasteiger partial charge >= 0.3 is 0 Å². The predicted octanol–water partition coefficient (Wildman–Crippen LogP) is 3.83. The molecule has 1 aromatic carbocycles. The summed E-state index contributed by atoms with van der Waals surface area (Å²) in [5.41, 5.74) is 2.72. The fourth-order valence-electron chi connectivity index (χ4n) is 3.11. The molecule has 2 aromatic heterocycles. The summed E-state index contributed by atoms with van der Waals surface area (Å²) in [6.45, 7) is 1.97. The number of benzene rings is 1. The number of thiophene rings is 1. The lowest BCUT2D eigenvalue weighted by Crippen LogP contribution is -2.38. The van der Waals surface area contributed by atoms with Crippen LogP contribution in [-0.2, 0) is 4.79 Å². The molecule has 3 aromatic rings. The Morgan fingerprint density at radius 1 is 1.28 bits per heavy atom. The zero-order valence-corrected chi connectivity index (χ0v) is 14.4. The van der Waals surface area contributed by atoms with Crippen LogP contribution in [0, 0.1) is 6.92 Å². The van der Waals surface area contributed by atoms with Gasteiger partial charge in [0.15, 0.2) is 5.76 Å². The predicted molar refractivity (Wildman–Crippen MR) is 95.7 cm³/mol. The number of fused-ring (bicyclic) bond motifs is 1. The van der Waals surface area contributed by atoms with Gasteiger partial charge in [0.1, 0.15) is 6.54 Å². The first-order chi connectivity index (χ1) is 12.1. The molecule has 0 saturated carbocycles. The van der Waals surface area contributed by atoms with Crippen LogP contribution in [0.3, 0.4) is 0 Å². The Morgan fingerprint density at radius 3 is 2.88 bits per heavy atom. The fraction of sp³-hybridized carbons (Fsp3) is 0.158. The highest BCUT2D eigenvalue weighted by Crippen LogP contribution is 2.38. The number of carbonyl (C=O) groups is 2. The number of hydrogen-bond donors (Lipinski definition) is 1. The van der Waals surface area contributed by atoms with Gasteiger partial charge < -0.3 is 14.6 Å². The van der Waals surface area contributed by atoms with E-state index in [1.165, 1.54) is 6.26 Å².